The normalized spacial score (nSPS) is 4.50. The Morgan fingerprint density at radius 1 is 1.75 bits per heavy atom. The summed E-state index contributed by atoms with van der Waals surface area (Å²) < 4.78 is 0. The van der Waals surface area contributed by atoms with Crippen LogP contribution in [-0.4, -0.2) is 34.3 Å². The third kappa shape index (κ3) is 9.23. The van der Waals surface area contributed by atoms with E-state index in [0.29, 0.717) is 4.79 Å². The van der Waals surface area contributed by atoms with E-state index >= 15 is 0 Å². The molecule has 0 amide bonds. The van der Waals surface area contributed by atoms with Gasteiger partial charge in [0, 0.05) is 0 Å². The number of rotatable bonds is 0. The van der Waals surface area contributed by atoms with Crippen molar-refractivity contribution in [3.63, 3.8) is 0 Å². The van der Waals surface area contributed by atoms with Crippen molar-refractivity contribution in [1.82, 2.24) is 0 Å². The molecule has 3 heteroatoms. The second-order valence-corrected chi connectivity index (χ2v) is 1.57. The van der Waals surface area contributed by atoms with Gasteiger partial charge in [-0.1, -0.05) is 15.9 Å². The van der Waals surface area contributed by atoms with Gasteiger partial charge in [0.1, 0.15) is 0 Å². The summed E-state index contributed by atoms with van der Waals surface area (Å²) in [6.07, 6.45) is 0. The van der Waals surface area contributed by atoms with Crippen molar-refractivity contribution in [3.05, 3.63) is 0 Å². The zero-order chi connectivity index (χ0) is 2.71. The van der Waals surface area contributed by atoms with Crippen LogP contribution in [0, 0.1) is 0 Å². The summed E-state index contributed by atoms with van der Waals surface area (Å²) in [5.41, 5.74) is 0. The molecule has 0 aliphatic rings. The first-order valence-electron chi connectivity index (χ1n) is 0.535. The van der Waals surface area contributed by atoms with Crippen LogP contribution >= 0.6 is 27.5 Å². The van der Waals surface area contributed by atoms with Crippen molar-refractivity contribution >= 4 is 57.1 Å². The third-order valence-electron chi connectivity index (χ3n) is 0. The molecule has 22 valence electrons. The van der Waals surface area contributed by atoms with Crippen LogP contribution < -0.4 is 0 Å². The Morgan fingerprint density at radius 3 is 1.75 bits per heavy atom. The maximum atomic E-state index is 4.92. The molecule has 0 aromatic carbocycles. The fourth-order valence-corrected chi connectivity index (χ4v) is 0. The Morgan fingerprint density at radius 2 is 1.75 bits per heavy atom. The SMILES string of the molecule is ClCBr.[NaH]. The quantitative estimate of drug-likeness (QED) is 0.359. The van der Waals surface area contributed by atoms with E-state index in [2.05, 4.69) is 15.9 Å². The van der Waals surface area contributed by atoms with Gasteiger partial charge in [-0.05, 0) is 0 Å². The molecule has 0 heterocycles. The molecule has 0 saturated carbocycles. The van der Waals surface area contributed by atoms with E-state index in [9.17, 15) is 0 Å². The second-order valence-electron chi connectivity index (χ2n) is 0.101. The summed E-state index contributed by atoms with van der Waals surface area (Å²) >= 11 is 7.83. The van der Waals surface area contributed by atoms with Crippen molar-refractivity contribution in [2.45, 2.75) is 0 Å². The van der Waals surface area contributed by atoms with Gasteiger partial charge < -0.3 is 0 Å². The predicted molar refractivity (Wildman–Crippen MR) is 26.8 cm³/mol. The summed E-state index contributed by atoms with van der Waals surface area (Å²) in [7, 11) is 0. The fraction of sp³-hybridized carbons (Fsp3) is 1.00. The average molecular weight is 153 g/mol. The van der Waals surface area contributed by atoms with E-state index in [1.54, 1.807) is 0 Å². The van der Waals surface area contributed by atoms with Gasteiger partial charge in [0.05, 0.1) is 4.79 Å². The van der Waals surface area contributed by atoms with Gasteiger partial charge in [0.2, 0.25) is 0 Å². The molecule has 0 N–H and O–H groups in total. The molecule has 0 rings (SSSR count). The standard InChI is InChI=1S/CH2BrCl.Na.H/c2-1-3;;/h1H2;;. The molecular weight excluding hydrogens is 150 g/mol. The number of hydrogen-bond donors (Lipinski definition) is 0. The van der Waals surface area contributed by atoms with Crippen LogP contribution in [0.1, 0.15) is 0 Å². The molecule has 0 fully saturated rings. The molecule has 4 heavy (non-hydrogen) atoms. The summed E-state index contributed by atoms with van der Waals surface area (Å²) in [6.45, 7) is 0. The van der Waals surface area contributed by atoms with Gasteiger partial charge in [-0.3, -0.25) is 0 Å². The van der Waals surface area contributed by atoms with Crippen LogP contribution in [-0.2, 0) is 0 Å². The summed E-state index contributed by atoms with van der Waals surface area (Å²) in [6, 6.07) is 0. The molecular formula is CH3BrClNa. The minimum atomic E-state index is 0. The van der Waals surface area contributed by atoms with E-state index in [1.807, 2.05) is 0 Å². The molecule has 0 aliphatic heterocycles. The van der Waals surface area contributed by atoms with Crippen molar-refractivity contribution < 1.29 is 0 Å². The molecule has 0 nitrogen and oxygen atoms in total. The average Bonchev–Trinajstić information content (AvgIpc) is 0.918. The molecule has 0 aliphatic carbocycles. The zero-order valence-electron chi connectivity index (χ0n) is 1.46. The van der Waals surface area contributed by atoms with Gasteiger partial charge in [0.15, 0.2) is 0 Å². The van der Waals surface area contributed by atoms with E-state index in [-0.39, 0.29) is 29.6 Å². The summed E-state index contributed by atoms with van der Waals surface area (Å²) in [5, 5.41) is 0. The Labute approximate surface area is 61.3 Å². The van der Waals surface area contributed by atoms with Crippen molar-refractivity contribution in [2.24, 2.45) is 0 Å². The molecule has 0 saturated heterocycles. The second kappa shape index (κ2) is 8.84. The third-order valence-corrected chi connectivity index (χ3v) is 0. The maximum absolute atomic E-state index is 4.92. The van der Waals surface area contributed by atoms with Gasteiger partial charge in [-0.2, -0.15) is 0 Å². The van der Waals surface area contributed by atoms with Gasteiger partial charge in [0.25, 0.3) is 0 Å². The molecule has 0 radical (unpaired) electrons. The molecule has 0 aromatic rings. The first kappa shape index (κ1) is 9.24. The first-order valence-corrected chi connectivity index (χ1v) is 2.19. The molecule has 0 bridgehead atoms. The summed E-state index contributed by atoms with van der Waals surface area (Å²) in [4.78, 5) is 0.535. The summed E-state index contributed by atoms with van der Waals surface area (Å²) in [5.74, 6) is 0. The fourth-order valence-electron chi connectivity index (χ4n) is 0. The van der Waals surface area contributed by atoms with Gasteiger partial charge >= 0.3 is 29.6 Å². The van der Waals surface area contributed by atoms with Crippen LogP contribution in [0.2, 0.25) is 0 Å². The number of hydrogen-bond acceptors (Lipinski definition) is 0. The zero-order valence-corrected chi connectivity index (χ0v) is 3.80. The molecule has 0 aromatic heterocycles. The van der Waals surface area contributed by atoms with Crippen LogP contribution in [0.25, 0.3) is 0 Å². The van der Waals surface area contributed by atoms with Crippen molar-refractivity contribution in [1.29, 1.82) is 0 Å². The van der Waals surface area contributed by atoms with E-state index in [4.69, 9.17) is 11.6 Å². The molecule has 0 unspecified atom stereocenters. The Kier molecular flexibility index (Phi) is 20.4. The first-order chi connectivity index (χ1) is 1.41. The predicted octanol–water partition coefficient (Wildman–Crippen LogP) is 0.929. The van der Waals surface area contributed by atoms with Crippen molar-refractivity contribution in [3.8, 4) is 0 Å². The Bertz CT molecular complexity index is 8.00. The van der Waals surface area contributed by atoms with Crippen LogP contribution in [0.3, 0.4) is 0 Å². The molecule has 0 atom stereocenters. The number of alkyl halides is 2. The minimum absolute atomic E-state index is 0. The monoisotopic (exact) mass is 152 g/mol. The van der Waals surface area contributed by atoms with E-state index in [0.717, 1.165) is 0 Å². The molecule has 0 spiro atoms. The van der Waals surface area contributed by atoms with E-state index < -0.39 is 0 Å². The topological polar surface area (TPSA) is 0 Å². The van der Waals surface area contributed by atoms with Crippen molar-refractivity contribution in [2.75, 3.05) is 4.79 Å². The van der Waals surface area contributed by atoms with Gasteiger partial charge in [-0.15, -0.1) is 11.6 Å². The Balaban J connectivity index is 0. The van der Waals surface area contributed by atoms with E-state index in [1.165, 1.54) is 0 Å². The Hall–Kier alpha value is 1.77. The van der Waals surface area contributed by atoms with Crippen LogP contribution in [0.5, 0.6) is 0 Å². The number of halogens is 2. The van der Waals surface area contributed by atoms with Crippen LogP contribution in [0.4, 0.5) is 0 Å². The van der Waals surface area contributed by atoms with Gasteiger partial charge in [-0.25, -0.2) is 0 Å². The van der Waals surface area contributed by atoms with Crippen LogP contribution in [0.15, 0.2) is 0 Å².